The van der Waals surface area contributed by atoms with Gasteiger partial charge in [-0.1, -0.05) is 13.3 Å². The summed E-state index contributed by atoms with van der Waals surface area (Å²) in [6.45, 7) is 6.89. The van der Waals surface area contributed by atoms with Crippen molar-refractivity contribution in [1.82, 2.24) is 4.90 Å². The van der Waals surface area contributed by atoms with Crippen molar-refractivity contribution in [2.75, 3.05) is 19.6 Å². The molecule has 3 heteroatoms. The van der Waals surface area contributed by atoms with Gasteiger partial charge >= 0.3 is 0 Å². The van der Waals surface area contributed by atoms with Gasteiger partial charge in [0.25, 0.3) is 0 Å². The van der Waals surface area contributed by atoms with Crippen molar-refractivity contribution >= 4 is 0 Å². The summed E-state index contributed by atoms with van der Waals surface area (Å²) in [4.78, 5) is 2.38. The molecule has 0 spiro atoms. The van der Waals surface area contributed by atoms with Gasteiger partial charge in [-0.2, -0.15) is 0 Å². The van der Waals surface area contributed by atoms with E-state index in [4.69, 9.17) is 5.11 Å². The monoisotopic (exact) mass is 246 g/mol. The fourth-order valence-electron chi connectivity index (χ4n) is 1.50. The molecule has 1 rings (SSSR count). The SMILES string of the molecule is CCN1CCCC([CH-]O)C1.[CH3-].[Y]. The first-order valence-corrected chi connectivity index (χ1v) is 4.06. The minimum atomic E-state index is 0. The zero-order chi connectivity index (χ0) is 7.40. The Morgan fingerprint density at radius 1 is 1.58 bits per heavy atom. The van der Waals surface area contributed by atoms with Crippen LogP contribution in [0.4, 0.5) is 0 Å². The van der Waals surface area contributed by atoms with Crippen LogP contribution in [0.3, 0.4) is 0 Å². The second kappa shape index (κ2) is 8.61. The third kappa shape index (κ3) is 4.91. The van der Waals surface area contributed by atoms with Gasteiger partial charge in [-0.15, -0.1) is 5.92 Å². The molecule has 2 nitrogen and oxygen atoms in total. The maximum absolute atomic E-state index is 8.75. The Labute approximate surface area is 102 Å². The van der Waals surface area contributed by atoms with E-state index in [0.29, 0.717) is 5.92 Å². The fourth-order valence-corrected chi connectivity index (χ4v) is 1.50. The molecule has 0 amide bonds. The summed E-state index contributed by atoms with van der Waals surface area (Å²) < 4.78 is 0. The molecule has 1 aliphatic heterocycles. The van der Waals surface area contributed by atoms with Crippen molar-refractivity contribution in [2.24, 2.45) is 5.92 Å². The Bertz CT molecular complexity index is 90.5. The standard InChI is InChI=1S/C8H16NO.CH3.Y/c1-2-9-5-3-4-8(6-9)7-10;;/h7-8,10H,2-6H2,1H3;1H3;/q2*-1;. The molecule has 1 N–H and O–H groups in total. The summed E-state index contributed by atoms with van der Waals surface area (Å²) >= 11 is 0. The molecule has 1 atom stereocenters. The number of nitrogens with zero attached hydrogens (tertiary/aromatic N) is 1. The molecule has 71 valence electrons. The average Bonchev–Trinajstić information content (AvgIpc) is 2.05. The molecule has 0 bridgehead atoms. The summed E-state index contributed by atoms with van der Waals surface area (Å²) in [5, 5.41) is 8.75. The first-order chi connectivity index (χ1) is 4.86. The number of piperidine rings is 1. The molecular formula is C9H19NOY-2. The Morgan fingerprint density at radius 3 is 2.75 bits per heavy atom. The largest absolute Gasteiger partial charge is 0.566 e. The van der Waals surface area contributed by atoms with E-state index in [2.05, 4.69) is 11.8 Å². The van der Waals surface area contributed by atoms with E-state index in [1.807, 2.05) is 0 Å². The zero-order valence-corrected chi connectivity index (χ0v) is 11.0. The van der Waals surface area contributed by atoms with Gasteiger partial charge in [-0.05, 0) is 26.1 Å². The Morgan fingerprint density at radius 2 is 2.25 bits per heavy atom. The van der Waals surface area contributed by atoms with Crippen LogP contribution in [-0.4, -0.2) is 29.6 Å². The van der Waals surface area contributed by atoms with Gasteiger partial charge in [0.1, 0.15) is 0 Å². The molecule has 1 fully saturated rings. The second-order valence-electron chi connectivity index (χ2n) is 2.94. The summed E-state index contributed by atoms with van der Waals surface area (Å²) in [5.41, 5.74) is 0. The van der Waals surface area contributed by atoms with Gasteiger partial charge in [-0.25, -0.2) is 6.61 Å². The normalized spacial score (nSPS) is 24.0. The molecular weight excluding hydrogens is 227 g/mol. The van der Waals surface area contributed by atoms with Crippen LogP contribution in [0.5, 0.6) is 0 Å². The molecule has 0 aromatic heterocycles. The van der Waals surface area contributed by atoms with Crippen LogP contribution < -0.4 is 0 Å². The maximum Gasteiger partial charge on any atom is 0 e. The predicted octanol–water partition coefficient (Wildman–Crippen LogP) is 1.70. The molecule has 12 heavy (non-hydrogen) atoms. The van der Waals surface area contributed by atoms with Gasteiger partial charge in [0.15, 0.2) is 0 Å². The number of hydrogen-bond acceptors (Lipinski definition) is 2. The topological polar surface area (TPSA) is 23.5 Å². The van der Waals surface area contributed by atoms with Crippen LogP contribution in [0.25, 0.3) is 0 Å². The summed E-state index contributed by atoms with van der Waals surface area (Å²) in [6, 6.07) is 0. The van der Waals surface area contributed by atoms with Crippen LogP contribution >= 0.6 is 0 Å². The van der Waals surface area contributed by atoms with Gasteiger partial charge < -0.3 is 17.4 Å². The van der Waals surface area contributed by atoms with Gasteiger partial charge in [0, 0.05) is 32.7 Å². The van der Waals surface area contributed by atoms with E-state index in [0.717, 1.165) is 19.5 Å². The number of hydrogen-bond donors (Lipinski definition) is 1. The van der Waals surface area contributed by atoms with Crippen molar-refractivity contribution < 1.29 is 37.8 Å². The molecule has 0 aromatic rings. The quantitative estimate of drug-likeness (QED) is 0.749. The maximum atomic E-state index is 8.75. The van der Waals surface area contributed by atoms with Crippen LogP contribution in [0, 0.1) is 20.0 Å². The van der Waals surface area contributed by atoms with Crippen LogP contribution in [0.2, 0.25) is 0 Å². The van der Waals surface area contributed by atoms with Crippen molar-refractivity contribution in [3.63, 3.8) is 0 Å². The van der Waals surface area contributed by atoms with E-state index in [-0.39, 0.29) is 40.1 Å². The summed E-state index contributed by atoms with van der Waals surface area (Å²) in [5.74, 6) is 0.425. The van der Waals surface area contributed by atoms with Gasteiger partial charge in [0.05, 0.1) is 0 Å². The van der Waals surface area contributed by atoms with Crippen molar-refractivity contribution in [3.05, 3.63) is 14.0 Å². The predicted molar refractivity (Wildman–Crippen MR) is 47.5 cm³/mol. The minimum absolute atomic E-state index is 0. The number of aliphatic hydroxyl groups is 1. The summed E-state index contributed by atoms with van der Waals surface area (Å²) in [6.07, 6.45) is 2.39. The molecule has 0 saturated carbocycles. The fraction of sp³-hybridized carbons (Fsp3) is 0.778. The number of aliphatic hydroxyl groups excluding tert-OH is 1. The molecule has 1 radical (unpaired) electrons. The van der Waals surface area contributed by atoms with E-state index in [1.165, 1.54) is 19.6 Å². The zero-order valence-electron chi connectivity index (χ0n) is 8.16. The number of likely N-dealkylation sites (tertiary alicyclic amines) is 1. The molecule has 1 saturated heterocycles. The third-order valence-corrected chi connectivity index (χ3v) is 2.20. The molecule has 0 aromatic carbocycles. The molecule has 1 unspecified atom stereocenters. The molecule has 1 aliphatic rings. The first kappa shape index (κ1) is 15.5. The Balaban J connectivity index is 0. The second-order valence-corrected chi connectivity index (χ2v) is 2.94. The first-order valence-electron chi connectivity index (χ1n) is 4.06. The van der Waals surface area contributed by atoms with Crippen molar-refractivity contribution in [2.45, 2.75) is 19.8 Å². The average molecular weight is 246 g/mol. The smallest absolute Gasteiger partial charge is 0 e. The van der Waals surface area contributed by atoms with E-state index in [9.17, 15) is 0 Å². The Kier molecular flexibility index (Phi) is 11.1. The molecule has 0 aliphatic carbocycles. The molecule has 1 heterocycles. The van der Waals surface area contributed by atoms with Crippen molar-refractivity contribution in [3.8, 4) is 0 Å². The van der Waals surface area contributed by atoms with Gasteiger partial charge in [0.2, 0.25) is 0 Å². The van der Waals surface area contributed by atoms with E-state index < -0.39 is 0 Å². The third-order valence-electron chi connectivity index (χ3n) is 2.20. The van der Waals surface area contributed by atoms with Crippen molar-refractivity contribution in [1.29, 1.82) is 0 Å². The summed E-state index contributed by atoms with van der Waals surface area (Å²) in [7, 11) is 0. The number of rotatable bonds is 2. The van der Waals surface area contributed by atoms with Crippen LogP contribution in [0.15, 0.2) is 0 Å². The van der Waals surface area contributed by atoms with E-state index >= 15 is 0 Å². The van der Waals surface area contributed by atoms with Gasteiger partial charge in [-0.3, -0.25) is 0 Å². The van der Waals surface area contributed by atoms with Crippen LogP contribution in [0.1, 0.15) is 19.8 Å². The Hall–Kier alpha value is 1.02. The minimum Gasteiger partial charge on any atom is -0.566 e. The van der Waals surface area contributed by atoms with Crippen LogP contribution in [-0.2, 0) is 32.7 Å². The van der Waals surface area contributed by atoms with E-state index in [1.54, 1.807) is 0 Å².